The normalized spacial score (nSPS) is 19.9. The fraction of sp³-hybridized carbons (Fsp3) is 0.417. The van der Waals surface area contributed by atoms with Crippen LogP contribution in [0.15, 0.2) is 27.7 Å². The molecule has 4 nitrogen and oxygen atoms in total. The Bertz CT molecular complexity index is 535. The van der Waals surface area contributed by atoms with E-state index in [0.29, 0.717) is 6.54 Å². The lowest BCUT2D eigenvalue weighted by molar-refractivity contribution is 0.0932. The summed E-state index contributed by atoms with van der Waals surface area (Å²) in [5.41, 5.74) is 1.97. The highest BCUT2D eigenvalue weighted by molar-refractivity contribution is 7.08. The first-order valence-corrected chi connectivity index (χ1v) is 6.71. The maximum atomic E-state index is 11.8. The molecular weight excluding hydrogens is 236 g/mol. The molecule has 1 atom stereocenters. The van der Waals surface area contributed by atoms with Gasteiger partial charge in [-0.15, -0.1) is 0 Å². The SMILES string of the molecule is O=c1cc(-c2ccsc2)[nH]n1C[C@@H]1CCCO1. The van der Waals surface area contributed by atoms with E-state index in [0.717, 1.165) is 30.7 Å². The average molecular weight is 250 g/mol. The average Bonchev–Trinajstić information content (AvgIpc) is 3.02. The van der Waals surface area contributed by atoms with Crippen molar-refractivity contribution in [3.05, 3.63) is 33.2 Å². The highest BCUT2D eigenvalue weighted by atomic mass is 32.1. The topological polar surface area (TPSA) is 47.0 Å². The summed E-state index contributed by atoms with van der Waals surface area (Å²) in [6.07, 6.45) is 2.32. The minimum atomic E-state index is 0.0155. The predicted octanol–water partition coefficient (Wildman–Crippen LogP) is 2.08. The van der Waals surface area contributed by atoms with Crippen LogP contribution in [-0.4, -0.2) is 22.5 Å². The number of hydrogen-bond acceptors (Lipinski definition) is 3. The van der Waals surface area contributed by atoms with E-state index in [2.05, 4.69) is 5.10 Å². The molecule has 90 valence electrons. The molecule has 3 heterocycles. The van der Waals surface area contributed by atoms with Crippen molar-refractivity contribution in [1.82, 2.24) is 9.78 Å². The monoisotopic (exact) mass is 250 g/mol. The van der Waals surface area contributed by atoms with Gasteiger partial charge in [-0.05, 0) is 24.3 Å². The van der Waals surface area contributed by atoms with E-state index in [9.17, 15) is 4.79 Å². The van der Waals surface area contributed by atoms with Crippen molar-refractivity contribution in [2.75, 3.05) is 6.61 Å². The van der Waals surface area contributed by atoms with Crippen molar-refractivity contribution in [1.29, 1.82) is 0 Å². The summed E-state index contributed by atoms with van der Waals surface area (Å²) in [5, 5.41) is 7.18. The molecule has 0 saturated carbocycles. The van der Waals surface area contributed by atoms with E-state index in [1.54, 1.807) is 22.1 Å². The maximum absolute atomic E-state index is 11.8. The Hall–Kier alpha value is -1.33. The lowest BCUT2D eigenvalue weighted by Crippen LogP contribution is -2.24. The first kappa shape index (κ1) is 10.8. The Morgan fingerprint density at radius 3 is 3.24 bits per heavy atom. The second-order valence-corrected chi connectivity index (χ2v) is 5.05. The Labute approximate surface area is 103 Å². The van der Waals surface area contributed by atoms with E-state index in [4.69, 9.17) is 4.74 Å². The molecule has 2 aromatic heterocycles. The number of aromatic nitrogens is 2. The third-order valence-corrected chi connectivity index (χ3v) is 3.71. The van der Waals surface area contributed by atoms with Crippen LogP contribution in [-0.2, 0) is 11.3 Å². The van der Waals surface area contributed by atoms with Gasteiger partial charge in [0.05, 0.1) is 18.3 Å². The Kier molecular flexibility index (Phi) is 2.86. The first-order valence-electron chi connectivity index (χ1n) is 5.77. The van der Waals surface area contributed by atoms with E-state index in [1.807, 2.05) is 16.8 Å². The zero-order valence-electron chi connectivity index (χ0n) is 9.39. The number of thiophene rings is 1. The number of ether oxygens (including phenoxy) is 1. The van der Waals surface area contributed by atoms with Crippen molar-refractivity contribution in [3.63, 3.8) is 0 Å². The van der Waals surface area contributed by atoms with Gasteiger partial charge in [0.2, 0.25) is 0 Å². The van der Waals surface area contributed by atoms with Gasteiger partial charge in [0, 0.05) is 23.6 Å². The summed E-state index contributed by atoms with van der Waals surface area (Å²) in [6, 6.07) is 3.66. The predicted molar refractivity (Wildman–Crippen MR) is 67.3 cm³/mol. The fourth-order valence-corrected chi connectivity index (χ4v) is 2.78. The van der Waals surface area contributed by atoms with Crippen LogP contribution in [0, 0.1) is 0 Å². The van der Waals surface area contributed by atoms with Crippen LogP contribution in [0.4, 0.5) is 0 Å². The fourth-order valence-electron chi connectivity index (χ4n) is 2.13. The highest BCUT2D eigenvalue weighted by Crippen LogP contribution is 2.19. The van der Waals surface area contributed by atoms with Crippen molar-refractivity contribution in [2.24, 2.45) is 0 Å². The third-order valence-electron chi connectivity index (χ3n) is 3.03. The third kappa shape index (κ3) is 2.21. The van der Waals surface area contributed by atoms with Crippen LogP contribution in [0.1, 0.15) is 12.8 Å². The molecule has 1 saturated heterocycles. The summed E-state index contributed by atoms with van der Waals surface area (Å²) in [5.74, 6) is 0. The molecule has 17 heavy (non-hydrogen) atoms. The van der Waals surface area contributed by atoms with Gasteiger partial charge in [0.25, 0.3) is 5.56 Å². The molecule has 0 spiro atoms. The summed E-state index contributed by atoms with van der Waals surface area (Å²) in [7, 11) is 0. The van der Waals surface area contributed by atoms with Crippen LogP contribution in [0.25, 0.3) is 11.3 Å². The van der Waals surface area contributed by atoms with Gasteiger partial charge in [-0.1, -0.05) is 0 Å². The van der Waals surface area contributed by atoms with E-state index < -0.39 is 0 Å². The Morgan fingerprint density at radius 2 is 2.53 bits per heavy atom. The molecule has 1 aliphatic rings. The van der Waals surface area contributed by atoms with Crippen LogP contribution in [0.5, 0.6) is 0 Å². The van der Waals surface area contributed by atoms with Gasteiger partial charge < -0.3 is 4.74 Å². The largest absolute Gasteiger partial charge is 0.376 e. The summed E-state index contributed by atoms with van der Waals surface area (Å²) < 4.78 is 7.18. The number of H-pyrrole nitrogens is 1. The van der Waals surface area contributed by atoms with Crippen LogP contribution in [0.2, 0.25) is 0 Å². The maximum Gasteiger partial charge on any atom is 0.267 e. The minimum Gasteiger partial charge on any atom is -0.376 e. The second-order valence-electron chi connectivity index (χ2n) is 4.27. The standard InChI is InChI=1S/C12H14N2O2S/c15-12-6-11(9-3-5-17-8-9)13-14(12)7-10-2-1-4-16-10/h3,5-6,8,10,13H,1-2,4,7H2/t10-/m0/s1. The molecule has 0 aliphatic carbocycles. The quantitative estimate of drug-likeness (QED) is 0.906. The minimum absolute atomic E-state index is 0.0155. The van der Waals surface area contributed by atoms with Gasteiger partial charge in [0.15, 0.2) is 0 Å². The van der Waals surface area contributed by atoms with Crippen molar-refractivity contribution in [2.45, 2.75) is 25.5 Å². The molecule has 0 unspecified atom stereocenters. The number of aromatic amines is 1. The molecule has 0 radical (unpaired) electrons. The lowest BCUT2D eigenvalue weighted by atomic mass is 10.2. The molecule has 1 N–H and O–H groups in total. The molecule has 2 aromatic rings. The second kappa shape index (κ2) is 4.50. The van der Waals surface area contributed by atoms with Gasteiger partial charge in [-0.25, -0.2) is 0 Å². The summed E-state index contributed by atoms with van der Waals surface area (Å²) in [4.78, 5) is 11.8. The van der Waals surface area contributed by atoms with Crippen molar-refractivity contribution >= 4 is 11.3 Å². The molecule has 0 bridgehead atoms. The summed E-state index contributed by atoms with van der Waals surface area (Å²) >= 11 is 1.63. The van der Waals surface area contributed by atoms with E-state index >= 15 is 0 Å². The van der Waals surface area contributed by atoms with E-state index in [1.165, 1.54) is 0 Å². The molecule has 0 aromatic carbocycles. The number of hydrogen-bond donors (Lipinski definition) is 1. The molecule has 5 heteroatoms. The number of nitrogens with zero attached hydrogens (tertiary/aromatic N) is 1. The molecule has 1 fully saturated rings. The highest BCUT2D eigenvalue weighted by Gasteiger charge is 2.17. The van der Waals surface area contributed by atoms with Gasteiger partial charge in [0.1, 0.15) is 0 Å². The molecule has 0 amide bonds. The zero-order chi connectivity index (χ0) is 11.7. The Balaban J connectivity index is 1.83. The van der Waals surface area contributed by atoms with Crippen LogP contribution < -0.4 is 5.56 Å². The molecule has 3 rings (SSSR count). The van der Waals surface area contributed by atoms with Crippen molar-refractivity contribution < 1.29 is 4.74 Å². The summed E-state index contributed by atoms with van der Waals surface area (Å²) in [6.45, 7) is 1.44. The molecule has 1 aliphatic heterocycles. The zero-order valence-corrected chi connectivity index (χ0v) is 10.2. The first-order chi connectivity index (χ1) is 8.33. The number of nitrogens with one attached hydrogen (secondary N) is 1. The lowest BCUT2D eigenvalue weighted by Gasteiger charge is -2.08. The number of rotatable bonds is 3. The van der Waals surface area contributed by atoms with E-state index in [-0.39, 0.29) is 11.7 Å². The smallest absolute Gasteiger partial charge is 0.267 e. The van der Waals surface area contributed by atoms with Gasteiger partial charge >= 0.3 is 0 Å². The van der Waals surface area contributed by atoms with Gasteiger partial charge in [-0.3, -0.25) is 14.6 Å². The van der Waals surface area contributed by atoms with Gasteiger partial charge in [-0.2, -0.15) is 11.3 Å². The van der Waals surface area contributed by atoms with Crippen molar-refractivity contribution in [3.8, 4) is 11.3 Å². The van der Waals surface area contributed by atoms with Crippen LogP contribution >= 0.6 is 11.3 Å². The Morgan fingerprint density at radius 1 is 1.59 bits per heavy atom. The molecular formula is C12H14N2O2S. The van der Waals surface area contributed by atoms with Crippen LogP contribution in [0.3, 0.4) is 0 Å².